The van der Waals surface area contributed by atoms with E-state index in [2.05, 4.69) is 0 Å². The van der Waals surface area contributed by atoms with Crippen LogP contribution in [0.2, 0.25) is 5.02 Å². The smallest absolute Gasteiger partial charge is 0.277 e. The van der Waals surface area contributed by atoms with Crippen molar-refractivity contribution in [3.63, 3.8) is 0 Å². The number of benzene rings is 2. The van der Waals surface area contributed by atoms with Crippen LogP contribution < -0.4 is 9.64 Å². The largest absolute Gasteiger partial charge is 0.496 e. The van der Waals surface area contributed by atoms with Crippen molar-refractivity contribution in [3.05, 3.63) is 63.6 Å². The predicted molar refractivity (Wildman–Crippen MR) is 94.4 cm³/mol. The van der Waals surface area contributed by atoms with E-state index >= 15 is 0 Å². The van der Waals surface area contributed by atoms with E-state index in [4.69, 9.17) is 27.9 Å². The number of carbonyl (C=O) groups excluding carboxylic acids is 2. The summed E-state index contributed by atoms with van der Waals surface area (Å²) < 4.78 is 5.28. The van der Waals surface area contributed by atoms with E-state index in [-0.39, 0.29) is 10.6 Å². The number of rotatable bonds is 3. The summed E-state index contributed by atoms with van der Waals surface area (Å²) in [5.74, 6) is -0.607. The van der Waals surface area contributed by atoms with Gasteiger partial charge in [-0.2, -0.15) is 0 Å². The van der Waals surface area contributed by atoms with E-state index in [1.165, 1.54) is 7.11 Å². The highest BCUT2D eigenvalue weighted by Crippen LogP contribution is 2.39. The molecule has 0 unspecified atom stereocenters. The molecule has 3 rings (SSSR count). The number of methoxy groups -OCH3 is 1. The third kappa shape index (κ3) is 2.58. The molecule has 24 heavy (non-hydrogen) atoms. The topological polar surface area (TPSA) is 46.6 Å². The fourth-order valence-electron chi connectivity index (χ4n) is 2.63. The molecule has 0 saturated heterocycles. The summed E-state index contributed by atoms with van der Waals surface area (Å²) in [6, 6.07) is 11.9. The fourth-order valence-corrected chi connectivity index (χ4v) is 3.06. The van der Waals surface area contributed by atoms with Crippen molar-refractivity contribution >= 4 is 46.3 Å². The van der Waals surface area contributed by atoms with Crippen molar-refractivity contribution in [1.82, 2.24) is 0 Å². The molecule has 0 atom stereocenters. The van der Waals surface area contributed by atoms with Gasteiger partial charge >= 0.3 is 0 Å². The van der Waals surface area contributed by atoms with Gasteiger partial charge in [0.1, 0.15) is 10.8 Å². The maximum Gasteiger partial charge on any atom is 0.277 e. The van der Waals surface area contributed by atoms with E-state index in [9.17, 15) is 9.59 Å². The van der Waals surface area contributed by atoms with Crippen LogP contribution in [-0.2, 0) is 9.59 Å². The first-order valence-electron chi connectivity index (χ1n) is 7.13. The Hall–Kier alpha value is -2.30. The van der Waals surface area contributed by atoms with Gasteiger partial charge in [0.05, 0.1) is 18.4 Å². The maximum absolute atomic E-state index is 12.9. The second kappa shape index (κ2) is 6.30. The van der Waals surface area contributed by atoms with Crippen molar-refractivity contribution in [2.75, 3.05) is 12.0 Å². The van der Waals surface area contributed by atoms with E-state index in [1.807, 2.05) is 0 Å². The number of carbonyl (C=O) groups is 2. The maximum atomic E-state index is 12.9. The van der Waals surface area contributed by atoms with Gasteiger partial charge < -0.3 is 4.74 Å². The lowest BCUT2D eigenvalue weighted by Gasteiger charge is -2.18. The first-order chi connectivity index (χ1) is 11.5. The molecule has 2 aromatic carbocycles. The Bertz CT molecular complexity index is 890. The minimum Gasteiger partial charge on any atom is -0.496 e. The Morgan fingerprint density at radius 3 is 2.42 bits per heavy atom. The highest BCUT2D eigenvalue weighted by molar-refractivity contribution is 6.60. The number of para-hydroxylation sites is 1. The number of anilines is 1. The van der Waals surface area contributed by atoms with Crippen molar-refractivity contribution < 1.29 is 14.3 Å². The number of nitrogens with zero attached hydrogens (tertiary/aromatic N) is 1. The Morgan fingerprint density at radius 2 is 1.71 bits per heavy atom. The highest BCUT2D eigenvalue weighted by atomic mass is 35.5. The van der Waals surface area contributed by atoms with Gasteiger partial charge in [-0.05, 0) is 30.7 Å². The molecule has 2 amide bonds. The molecule has 0 aromatic heterocycles. The fraction of sp³-hybridized carbons (Fsp3) is 0.111. The van der Waals surface area contributed by atoms with E-state index in [0.29, 0.717) is 22.0 Å². The van der Waals surface area contributed by atoms with Crippen molar-refractivity contribution in [2.24, 2.45) is 0 Å². The van der Waals surface area contributed by atoms with E-state index < -0.39 is 11.8 Å². The molecule has 0 fully saturated rings. The van der Waals surface area contributed by atoms with Crippen LogP contribution in [-0.4, -0.2) is 18.9 Å². The lowest BCUT2D eigenvalue weighted by Crippen LogP contribution is -2.31. The molecule has 2 aromatic rings. The quantitative estimate of drug-likeness (QED) is 0.770. The summed E-state index contributed by atoms with van der Waals surface area (Å²) in [6.45, 7) is 1.79. The monoisotopic (exact) mass is 361 g/mol. The molecule has 0 spiro atoms. The van der Waals surface area contributed by atoms with Crippen LogP contribution in [0.25, 0.3) is 5.57 Å². The number of ether oxygens (including phenoxy) is 1. The summed E-state index contributed by atoms with van der Waals surface area (Å²) in [7, 11) is 1.49. The van der Waals surface area contributed by atoms with Gasteiger partial charge in [-0.15, -0.1) is 0 Å². The van der Waals surface area contributed by atoms with Gasteiger partial charge in [-0.3, -0.25) is 9.59 Å². The van der Waals surface area contributed by atoms with Gasteiger partial charge in [0.15, 0.2) is 0 Å². The third-order valence-electron chi connectivity index (χ3n) is 3.82. The normalized spacial score (nSPS) is 14.6. The van der Waals surface area contributed by atoms with Crippen molar-refractivity contribution in [2.45, 2.75) is 6.92 Å². The zero-order chi connectivity index (χ0) is 17.4. The molecule has 1 heterocycles. The Kier molecular flexibility index (Phi) is 4.35. The minimum atomic E-state index is -0.576. The van der Waals surface area contributed by atoms with Crippen LogP contribution in [0.1, 0.15) is 11.1 Å². The van der Waals surface area contributed by atoms with E-state index in [1.54, 1.807) is 49.4 Å². The van der Waals surface area contributed by atoms with Crippen LogP contribution in [0, 0.1) is 6.92 Å². The second-order valence-corrected chi connectivity index (χ2v) is 6.08. The Labute approximate surface area is 149 Å². The molecule has 6 heteroatoms. The molecule has 0 bridgehead atoms. The molecule has 0 radical (unpaired) electrons. The Morgan fingerprint density at radius 1 is 1.00 bits per heavy atom. The second-order valence-electron chi connectivity index (χ2n) is 5.27. The predicted octanol–water partition coefficient (Wildman–Crippen LogP) is 4.18. The average molecular weight is 362 g/mol. The number of amides is 2. The lowest BCUT2D eigenvalue weighted by atomic mass is 10.0. The third-order valence-corrected chi connectivity index (χ3v) is 4.40. The molecule has 1 aliphatic rings. The highest BCUT2D eigenvalue weighted by Gasteiger charge is 2.40. The summed E-state index contributed by atoms with van der Waals surface area (Å²) in [6.07, 6.45) is 0. The van der Waals surface area contributed by atoms with E-state index in [0.717, 1.165) is 10.5 Å². The van der Waals surface area contributed by atoms with Gasteiger partial charge in [-0.1, -0.05) is 47.5 Å². The SMILES string of the molecule is COc1ccccc1C1=C(Cl)C(=O)N(c2cc(Cl)ccc2C)C1=O. The standard InChI is InChI=1S/C18H13Cl2NO3/c1-10-7-8-11(19)9-13(10)21-17(22)15(16(20)18(21)23)12-5-3-4-6-14(12)24-2/h3-9H,1-2H3. The van der Waals surface area contributed by atoms with Crippen LogP contribution in [0.3, 0.4) is 0 Å². The average Bonchev–Trinajstić information content (AvgIpc) is 2.79. The number of hydrogen-bond donors (Lipinski definition) is 0. The summed E-state index contributed by atoms with van der Waals surface area (Å²) in [5.41, 5.74) is 1.76. The van der Waals surface area contributed by atoms with Gasteiger partial charge in [0, 0.05) is 10.6 Å². The number of halogens is 2. The summed E-state index contributed by atoms with van der Waals surface area (Å²) in [4.78, 5) is 26.6. The first-order valence-corrected chi connectivity index (χ1v) is 7.89. The van der Waals surface area contributed by atoms with Crippen molar-refractivity contribution in [1.29, 1.82) is 0 Å². The molecule has 122 valence electrons. The number of imide groups is 1. The minimum absolute atomic E-state index is 0.124. The lowest BCUT2D eigenvalue weighted by molar-refractivity contribution is -0.119. The zero-order valence-electron chi connectivity index (χ0n) is 13.0. The molecule has 0 aliphatic carbocycles. The van der Waals surface area contributed by atoms with Gasteiger partial charge in [0.25, 0.3) is 11.8 Å². The summed E-state index contributed by atoms with van der Waals surface area (Å²) in [5, 5.41) is 0.293. The number of hydrogen-bond acceptors (Lipinski definition) is 3. The molecule has 0 saturated carbocycles. The summed E-state index contributed by atoms with van der Waals surface area (Å²) >= 11 is 12.2. The molecular formula is C18H13Cl2NO3. The Balaban J connectivity index is 2.13. The molecule has 1 aliphatic heterocycles. The number of aryl methyl sites for hydroxylation is 1. The zero-order valence-corrected chi connectivity index (χ0v) is 14.5. The molecular weight excluding hydrogens is 349 g/mol. The van der Waals surface area contributed by atoms with Gasteiger partial charge in [0.2, 0.25) is 0 Å². The first kappa shape index (κ1) is 16.6. The van der Waals surface area contributed by atoms with Crippen LogP contribution >= 0.6 is 23.2 Å². The van der Waals surface area contributed by atoms with Crippen molar-refractivity contribution in [3.8, 4) is 5.75 Å². The van der Waals surface area contributed by atoms with Crippen LogP contribution in [0.4, 0.5) is 5.69 Å². The van der Waals surface area contributed by atoms with Gasteiger partial charge in [-0.25, -0.2) is 4.90 Å². The molecule has 4 nitrogen and oxygen atoms in total. The van der Waals surface area contributed by atoms with Crippen LogP contribution in [0.5, 0.6) is 5.75 Å². The van der Waals surface area contributed by atoms with Crippen LogP contribution in [0.15, 0.2) is 47.5 Å². The molecule has 0 N–H and O–H groups in total.